The molecule has 0 aromatic heterocycles. The van der Waals surface area contributed by atoms with E-state index in [0.29, 0.717) is 26.1 Å². The number of allylic oxidation sites excluding steroid dienone is 3. The smallest absolute Gasteiger partial charge is 0.331 e. The first-order valence-corrected chi connectivity index (χ1v) is 13.3. The Kier molecular flexibility index (Phi) is 6.98. The van der Waals surface area contributed by atoms with E-state index in [0.717, 1.165) is 18.4 Å². The quantitative estimate of drug-likeness (QED) is 0.323. The van der Waals surface area contributed by atoms with Crippen LogP contribution < -0.4 is 0 Å². The summed E-state index contributed by atoms with van der Waals surface area (Å²) in [6, 6.07) is 0. The number of rotatable bonds is 1. The lowest BCUT2D eigenvalue weighted by molar-refractivity contribution is -0.232. The third-order valence-corrected chi connectivity index (χ3v) is 9.24. The van der Waals surface area contributed by atoms with Crippen LogP contribution >= 0.6 is 0 Å². The molecule has 1 saturated carbocycles. The zero-order valence-electron chi connectivity index (χ0n) is 22.1. The largest absolute Gasteiger partial charge is 0.462 e. The number of esters is 2. The van der Waals surface area contributed by atoms with E-state index in [9.17, 15) is 14.7 Å². The summed E-state index contributed by atoms with van der Waals surface area (Å²) in [6.07, 6.45) is 10.5. The molecule has 8 nitrogen and oxygen atoms in total. The van der Waals surface area contributed by atoms with E-state index in [1.54, 1.807) is 25.2 Å². The van der Waals surface area contributed by atoms with Crippen LogP contribution in [0.3, 0.4) is 0 Å². The van der Waals surface area contributed by atoms with E-state index >= 15 is 0 Å². The van der Waals surface area contributed by atoms with Gasteiger partial charge < -0.3 is 28.8 Å². The second-order valence-corrected chi connectivity index (χ2v) is 11.4. The molecule has 0 unspecified atom stereocenters. The van der Waals surface area contributed by atoms with Gasteiger partial charge in [-0.05, 0) is 40.0 Å². The van der Waals surface area contributed by atoms with Crippen molar-refractivity contribution in [1.82, 2.24) is 0 Å². The van der Waals surface area contributed by atoms with Crippen molar-refractivity contribution in [3.63, 3.8) is 0 Å². The molecule has 0 aromatic rings. The summed E-state index contributed by atoms with van der Waals surface area (Å²) in [5.74, 6) is -0.879. The summed E-state index contributed by atoms with van der Waals surface area (Å²) in [5, 5.41) is 10.0. The number of carbonyl (C=O) groups is 2. The minimum atomic E-state index is -0.735. The average molecular weight is 515 g/mol. The van der Waals surface area contributed by atoms with Gasteiger partial charge in [-0.1, -0.05) is 42.4 Å². The highest BCUT2D eigenvalue weighted by atomic mass is 16.6. The number of epoxide rings is 1. The van der Waals surface area contributed by atoms with Gasteiger partial charge in [-0.3, -0.25) is 0 Å². The number of aliphatic hydroxyl groups excluding tert-OH is 1. The summed E-state index contributed by atoms with van der Waals surface area (Å²) >= 11 is 0. The second-order valence-electron chi connectivity index (χ2n) is 11.4. The third kappa shape index (κ3) is 4.42. The summed E-state index contributed by atoms with van der Waals surface area (Å²) in [4.78, 5) is 25.9. The molecule has 0 aromatic carbocycles. The molecule has 0 radical (unpaired) electrons. The minimum Gasteiger partial charge on any atom is -0.462 e. The fraction of sp³-hybridized carbons (Fsp3) is 0.655. The Labute approximate surface area is 218 Å². The van der Waals surface area contributed by atoms with Crippen LogP contribution in [0.15, 0.2) is 47.6 Å². The predicted molar refractivity (Wildman–Crippen MR) is 134 cm³/mol. The fourth-order valence-corrected chi connectivity index (χ4v) is 6.85. The van der Waals surface area contributed by atoms with Crippen LogP contribution in [0, 0.1) is 10.8 Å². The zero-order valence-corrected chi connectivity index (χ0v) is 22.1. The van der Waals surface area contributed by atoms with Gasteiger partial charge in [-0.15, -0.1) is 0 Å². The SMILES string of the molecule is CC1=C[C@H]2O[C@@H]3C[C@H]4OC(=O)/C=C/C=C/[C@@H]([C@H](C)O)OCC/C(C)=C/C(=O)OC[C@@]2(CC1)[C@]4(C)[C@]31CO1. The van der Waals surface area contributed by atoms with Crippen molar-refractivity contribution >= 4 is 11.9 Å². The van der Waals surface area contributed by atoms with E-state index in [4.69, 9.17) is 23.7 Å². The maximum atomic E-state index is 12.9. The zero-order chi connectivity index (χ0) is 26.4. The van der Waals surface area contributed by atoms with Crippen molar-refractivity contribution in [2.24, 2.45) is 10.8 Å². The highest BCUT2D eigenvalue weighted by Gasteiger charge is 2.83. The van der Waals surface area contributed by atoms with E-state index in [1.807, 2.05) is 6.92 Å². The van der Waals surface area contributed by atoms with Crippen LogP contribution in [0.2, 0.25) is 0 Å². The van der Waals surface area contributed by atoms with Gasteiger partial charge >= 0.3 is 11.9 Å². The molecule has 5 rings (SSSR count). The summed E-state index contributed by atoms with van der Waals surface area (Å²) in [5.41, 5.74) is 0.318. The Morgan fingerprint density at radius 2 is 1.84 bits per heavy atom. The summed E-state index contributed by atoms with van der Waals surface area (Å²) < 4.78 is 30.6. The Morgan fingerprint density at radius 3 is 2.57 bits per heavy atom. The van der Waals surface area contributed by atoms with Gasteiger partial charge in [0.2, 0.25) is 0 Å². The molecule has 202 valence electrons. The number of aliphatic hydroxyl groups is 1. The first-order chi connectivity index (χ1) is 17.6. The van der Waals surface area contributed by atoms with E-state index in [-0.39, 0.29) is 18.8 Å². The molecule has 3 aliphatic heterocycles. The predicted octanol–water partition coefficient (Wildman–Crippen LogP) is 3.34. The Balaban J connectivity index is 1.51. The molecule has 2 aliphatic carbocycles. The van der Waals surface area contributed by atoms with E-state index in [2.05, 4.69) is 19.9 Å². The van der Waals surface area contributed by atoms with Gasteiger partial charge in [-0.25, -0.2) is 9.59 Å². The van der Waals surface area contributed by atoms with Crippen LogP contribution in [0.1, 0.15) is 53.4 Å². The van der Waals surface area contributed by atoms with Crippen LogP contribution in [0.4, 0.5) is 0 Å². The van der Waals surface area contributed by atoms with Crippen molar-refractivity contribution in [3.8, 4) is 0 Å². The number of hydrogen-bond acceptors (Lipinski definition) is 8. The van der Waals surface area contributed by atoms with Crippen LogP contribution in [-0.2, 0) is 33.3 Å². The molecular weight excluding hydrogens is 476 g/mol. The molecule has 3 heterocycles. The first kappa shape index (κ1) is 26.4. The molecule has 8 atom stereocenters. The Bertz CT molecular complexity index is 1050. The van der Waals surface area contributed by atoms with Crippen molar-refractivity contribution in [1.29, 1.82) is 0 Å². The van der Waals surface area contributed by atoms with Crippen molar-refractivity contribution in [2.75, 3.05) is 19.8 Å². The standard InChI is InChI=1S/C29H38O8/c1-18-9-11-28-16-34-26(32)14-19(2)10-12-33-21(20(3)30)7-5-6-8-25(31)37-22-15-24(36-23(28)13-18)29(17-35-29)27(22,28)4/h5-8,13-14,20-24,30H,9-12,15-17H2,1-4H3/b7-5+,8-6+,19-14+/t20-,21-,22+,23+,24+,27+,28+,29-/m0/s1. The van der Waals surface area contributed by atoms with Gasteiger partial charge in [0.25, 0.3) is 0 Å². The Hall–Kier alpha value is -2.26. The lowest BCUT2D eigenvalue weighted by atomic mass is 9.51. The molecule has 3 fully saturated rings. The lowest BCUT2D eigenvalue weighted by Crippen LogP contribution is -2.66. The lowest BCUT2D eigenvalue weighted by Gasteiger charge is -2.58. The van der Waals surface area contributed by atoms with Crippen LogP contribution in [-0.4, -0.2) is 73.0 Å². The molecule has 0 amide bonds. The second kappa shape index (κ2) is 9.80. The maximum absolute atomic E-state index is 12.9. The highest BCUT2D eigenvalue weighted by molar-refractivity contribution is 5.83. The molecule has 8 heteroatoms. The molecule has 37 heavy (non-hydrogen) atoms. The van der Waals surface area contributed by atoms with Gasteiger partial charge in [-0.2, -0.15) is 0 Å². The van der Waals surface area contributed by atoms with Gasteiger partial charge in [0.1, 0.15) is 24.4 Å². The number of hydrogen-bond donors (Lipinski definition) is 1. The van der Waals surface area contributed by atoms with Crippen LogP contribution in [0.25, 0.3) is 0 Å². The minimum absolute atomic E-state index is 0.144. The van der Waals surface area contributed by atoms with Crippen molar-refractivity contribution in [2.45, 2.75) is 89.5 Å². The molecule has 1 N–H and O–H groups in total. The summed E-state index contributed by atoms with van der Waals surface area (Å²) in [7, 11) is 0. The summed E-state index contributed by atoms with van der Waals surface area (Å²) in [6.45, 7) is 8.73. The number of ether oxygens (including phenoxy) is 5. The highest BCUT2D eigenvalue weighted by Crippen LogP contribution is 2.72. The monoisotopic (exact) mass is 514 g/mol. The van der Waals surface area contributed by atoms with Crippen LogP contribution in [0.5, 0.6) is 0 Å². The van der Waals surface area contributed by atoms with Crippen molar-refractivity contribution in [3.05, 3.63) is 47.6 Å². The molecule has 2 saturated heterocycles. The molecular formula is C29H38O8. The van der Waals surface area contributed by atoms with Gasteiger partial charge in [0.05, 0.1) is 36.9 Å². The maximum Gasteiger partial charge on any atom is 0.331 e. The Morgan fingerprint density at radius 1 is 1.05 bits per heavy atom. The van der Waals surface area contributed by atoms with E-state index in [1.165, 1.54) is 17.7 Å². The average Bonchev–Trinajstić information content (AvgIpc) is 3.61. The first-order valence-electron chi connectivity index (χ1n) is 13.3. The van der Waals surface area contributed by atoms with Crippen molar-refractivity contribution < 1.29 is 38.4 Å². The molecule has 5 aliphatic rings. The van der Waals surface area contributed by atoms with Gasteiger partial charge in [0.15, 0.2) is 0 Å². The normalized spacial score (nSPS) is 46.2. The third-order valence-electron chi connectivity index (χ3n) is 9.24. The topological polar surface area (TPSA) is 104 Å². The fourth-order valence-electron chi connectivity index (χ4n) is 6.85. The number of carbonyl (C=O) groups excluding carboxylic acids is 2. The molecule has 2 bridgehead atoms. The molecule has 2 spiro atoms. The number of cyclic esters (lactones) is 1. The van der Waals surface area contributed by atoms with Gasteiger partial charge in [0, 0.05) is 24.0 Å². The van der Waals surface area contributed by atoms with E-state index < -0.39 is 46.7 Å².